The van der Waals surface area contributed by atoms with Crippen LogP contribution in [-0.2, 0) is 0 Å². The lowest BCUT2D eigenvalue weighted by atomic mass is 10.0. The van der Waals surface area contributed by atoms with E-state index in [0.29, 0.717) is 17.2 Å². The quantitative estimate of drug-likeness (QED) is 0.400. The molecule has 0 saturated carbocycles. The van der Waals surface area contributed by atoms with Crippen molar-refractivity contribution in [2.75, 3.05) is 29.9 Å². The molecular weight excluding hydrogens is 423 g/mol. The van der Waals surface area contributed by atoms with Crippen molar-refractivity contribution in [3.05, 3.63) is 72.2 Å². The lowest BCUT2D eigenvalue weighted by Gasteiger charge is -2.26. The van der Waals surface area contributed by atoms with E-state index in [1.54, 1.807) is 28.9 Å². The van der Waals surface area contributed by atoms with Gasteiger partial charge in [0.15, 0.2) is 5.65 Å². The minimum atomic E-state index is -0.859. The molecule has 1 aromatic carbocycles. The van der Waals surface area contributed by atoms with Crippen LogP contribution < -0.4 is 10.2 Å². The highest BCUT2D eigenvalue weighted by Crippen LogP contribution is 2.35. The highest BCUT2D eigenvalue weighted by atomic mass is 19.1. The maximum atomic E-state index is 13.8. The number of aliphatic hydroxyl groups is 2. The van der Waals surface area contributed by atoms with E-state index < -0.39 is 6.10 Å². The largest absolute Gasteiger partial charge is 0.394 e. The predicted molar refractivity (Wildman–Crippen MR) is 124 cm³/mol. The number of fused-ring (bicyclic) bond motifs is 1. The Hall–Kier alpha value is -3.56. The van der Waals surface area contributed by atoms with Gasteiger partial charge < -0.3 is 20.4 Å². The molecule has 1 saturated heterocycles. The van der Waals surface area contributed by atoms with Gasteiger partial charge in [0.25, 0.3) is 0 Å². The van der Waals surface area contributed by atoms with Crippen LogP contribution in [0.25, 0.3) is 17.0 Å². The van der Waals surface area contributed by atoms with Crippen LogP contribution in [0.2, 0.25) is 0 Å². The lowest BCUT2D eigenvalue weighted by molar-refractivity contribution is 0.105. The molecule has 8 nitrogen and oxygen atoms in total. The number of pyridine rings is 1. The second kappa shape index (κ2) is 9.13. The molecule has 9 heteroatoms. The van der Waals surface area contributed by atoms with Crippen molar-refractivity contribution in [2.24, 2.45) is 0 Å². The average molecular weight is 449 g/mol. The van der Waals surface area contributed by atoms with E-state index in [0.717, 1.165) is 36.5 Å². The summed E-state index contributed by atoms with van der Waals surface area (Å²) < 4.78 is 15.6. The maximum Gasteiger partial charge on any atom is 0.154 e. The number of hydrogen-bond donors (Lipinski definition) is 3. The number of nitrogens with one attached hydrogen (secondary N) is 1. The van der Waals surface area contributed by atoms with E-state index >= 15 is 0 Å². The number of benzene rings is 1. The summed E-state index contributed by atoms with van der Waals surface area (Å²) in [5, 5.41) is 26.5. The normalized spacial score (nSPS) is 16.9. The number of imidazole rings is 1. The molecule has 0 spiro atoms. The Kier molecular flexibility index (Phi) is 5.89. The molecule has 5 rings (SSSR count). The van der Waals surface area contributed by atoms with Crippen LogP contribution >= 0.6 is 0 Å². The first-order valence-corrected chi connectivity index (χ1v) is 11.0. The van der Waals surface area contributed by atoms with Gasteiger partial charge in [-0.25, -0.2) is 18.9 Å². The number of nitrogens with zero attached hydrogens (tertiary/aromatic N) is 5. The van der Waals surface area contributed by atoms with E-state index in [1.165, 1.54) is 6.07 Å². The zero-order valence-electron chi connectivity index (χ0n) is 18.0. The summed E-state index contributed by atoms with van der Waals surface area (Å²) >= 11 is 0. The Labute approximate surface area is 190 Å². The highest BCUT2D eigenvalue weighted by molar-refractivity contribution is 5.62. The fourth-order valence-corrected chi connectivity index (χ4v) is 4.26. The van der Waals surface area contributed by atoms with Gasteiger partial charge in [-0.05, 0) is 54.8 Å². The summed E-state index contributed by atoms with van der Waals surface area (Å²) in [4.78, 5) is 11.3. The van der Waals surface area contributed by atoms with Gasteiger partial charge in [0.1, 0.15) is 23.1 Å². The minimum absolute atomic E-state index is 0.0706. The maximum absolute atomic E-state index is 13.8. The monoisotopic (exact) mass is 448 g/mol. The minimum Gasteiger partial charge on any atom is -0.394 e. The molecule has 4 heterocycles. The van der Waals surface area contributed by atoms with E-state index in [4.69, 9.17) is 10.2 Å². The van der Waals surface area contributed by atoms with Crippen LogP contribution in [0.1, 0.15) is 24.4 Å². The van der Waals surface area contributed by atoms with Crippen molar-refractivity contribution in [3.8, 4) is 11.4 Å². The Bertz CT molecular complexity index is 1260. The van der Waals surface area contributed by atoms with Gasteiger partial charge in [0.2, 0.25) is 0 Å². The summed E-state index contributed by atoms with van der Waals surface area (Å²) in [6.07, 6.45) is 2.82. The zero-order valence-corrected chi connectivity index (χ0v) is 18.0. The summed E-state index contributed by atoms with van der Waals surface area (Å²) in [7, 11) is 0. The van der Waals surface area contributed by atoms with Crippen LogP contribution in [-0.4, -0.2) is 55.6 Å². The first-order valence-electron chi connectivity index (χ1n) is 11.0. The van der Waals surface area contributed by atoms with Crippen molar-refractivity contribution >= 4 is 17.3 Å². The van der Waals surface area contributed by atoms with E-state index in [9.17, 15) is 9.50 Å². The first-order chi connectivity index (χ1) is 16.1. The highest BCUT2D eigenvalue weighted by Gasteiger charge is 2.28. The molecule has 4 aromatic rings. The average Bonchev–Trinajstić information content (AvgIpc) is 3.49. The Balaban J connectivity index is 1.46. The fourth-order valence-electron chi connectivity index (χ4n) is 4.26. The SMILES string of the molecule is OC[C@@H](O)CNc1cccc(-c2cnc3ccc(N4CCCC4c4cccc(F)c4)nn23)n1. The third-order valence-electron chi connectivity index (χ3n) is 5.87. The van der Waals surface area contributed by atoms with Gasteiger partial charge in [-0.1, -0.05) is 18.2 Å². The predicted octanol–water partition coefficient (Wildman–Crippen LogP) is 3.04. The number of rotatable bonds is 7. The van der Waals surface area contributed by atoms with E-state index in [-0.39, 0.29) is 25.0 Å². The second-order valence-electron chi connectivity index (χ2n) is 8.14. The fraction of sp³-hybridized carbons (Fsp3) is 0.292. The van der Waals surface area contributed by atoms with Crippen molar-refractivity contribution in [2.45, 2.75) is 25.0 Å². The van der Waals surface area contributed by atoms with Gasteiger partial charge in [-0.15, -0.1) is 5.10 Å². The van der Waals surface area contributed by atoms with Crippen LogP contribution in [0.4, 0.5) is 16.0 Å². The van der Waals surface area contributed by atoms with Crippen molar-refractivity contribution in [1.82, 2.24) is 19.6 Å². The third kappa shape index (κ3) is 4.37. The second-order valence-corrected chi connectivity index (χ2v) is 8.14. The molecule has 33 heavy (non-hydrogen) atoms. The van der Waals surface area contributed by atoms with Gasteiger partial charge in [0, 0.05) is 13.1 Å². The number of halogens is 1. The molecule has 3 aromatic heterocycles. The summed E-state index contributed by atoms with van der Waals surface area (Å²) in [6.45, 7) is 0.716. The number of aliphatic hydroxyl groups excluding tert-OH is 2. The smallest absolute Gasteiger partial charge is 0.154 e. The van der Waals surface area contributed by atoms with Crippen LogP contribution in [0.5, 0.6) is 0 Å². The van der Waals surface area contributed by atoms with Crippen molar-refractivity contribution in [1.29, 1.82) is 0 Å². The molecule has 0 radical (unpaired) electrons. The molecule has 170 valence electrons. The van der Waals surface area contributed by atoms with Gasteiger partial charge in [-0.3, -0.25) is 0 Å². The van der Waals surface area contributed by atoms with E-state index in [1.807, 2.05) is 30.3 Å². The molecule has 0 bridgehead atoms. The van der Waals surface area contributed by atoms with Gasteiger partial charge >= 0.3 is 0 Å². The lowest BCUT2D eigenvalue weighted by Crippen LogP contribution is -2.24. The van der Waals surface area contributed by atoms with Gasteiger partial charge in [0.05, 0.1) is 30.6 Å². The summed E-state index contributed by atoms with van der Waals surface area (Å²) in [6, 6.07) is 16.2. The summed E-state index contributed by atoms with van der Waals surface area (Å²) in [5.74, 6) is 1.15. The molecule has 0 amide bonds. The summed E-state index contributed by atoms with van der Waals surface area (Å²) in [5.41, 5.74) is 3.07. The van der Waals surface area contributed by atoms with E-state index in [2.05, 4.69) is 20.2 Å². The molecule has 0 aliphatic carbocycles. The van der Waals surface area contributed by atoms with Crippen LogP contribution in [0, 0.1) is 5.82 Å². The van der Waals surface area contributed by atoms with Gasteiger partial charge in [-0.2, -0.15) is 0 Å². The molecule has 1 aliphatic rings. The number of aromatic nitrogens is 4. The number of hydrogen-bond acceptors (Lipinski definition) is 7. The van der Waals surface area contributed by atoms with Crippen molar-refractivity contribution in [3.63, 3.8) is 0 Å². The Morgan fingerprint density at radius 1 is 1.15 bits per heavy atom. The molecule has 2 atom stereocenters. The number of anilines is 2. The molecule has 3 N–H and O–H groups in total. The zero-order chi connectivity index (χ0) is 22.8. The standard InChI is InChI=1S/C24H25FN6O2/c25-17-5-1-4-16(12-17)20-7-3-11-30(20)24-10-9-23-27-14-21(31(23)29-24)19-6-2-8-22(28-19)26-13-18(33)15-32/h1-2,4-6,8-10,12,14,18,20,32-33H,3,7,11,13,15H2,(H,26,28)/t18-,20?/m0/s1. The van der Waals surface area contributed by atoms with Crippen LogP contribution in [0.15, 0.2) is 60.8 Å². The topological polar surface area (TPSA) is 98.8 Å². The third-order valence-corrected chi connectivity index (χ3v) is 5.87. The Morgan fingerprint density at radius 2 is 2.03 bits per heavy atom. The molecule has 1 unspecified atom stereocenters. The first kappa shape index (κ1) is 21.3. The molecule has 1 fully saturated rings. The van der Waals surface area contributed by atoms with Crippen LogP contribution in [0.3, 0.4) is 0 Å². The van der Waals surface area contributed by atoms with Crippen molar-refractivity contribution < 1.29 is 14.6 Å². The Morgan fingerprint density at radius 3 is 2.88 bits per heavy atom. The molecule has 1 aliphatic heterocycles. The molecular formula is C24H25FN6O2.